The summed E-state index contributed by atoms with van der Waals surface area (Å²) in [5, 5.41) is 2.76. The van der Waals surface area contributed by atoms with Crippen molar-refractivity contribution in [3.8, 4) is 22.6 Å². The van der Waals surface area contributed by atoms with Crippen LogP contribution >= 0.6 is 0 Å². The minimum Gasteiger partial charge on any atom is -0.493 e. The van der Waals surface area contributed by atoms with Crippen molar-refractivity contribution in [3.63, 3.8) is 0 Å². The number of ether oxygens (including phenoxy) is 2. The van der Waals surface area contributed by atoms with E-state index in [0.717, 1.165) is 6.26 Å². The third kappa shape index (κ3) is 4.00. The minimum atomic E-state index is -3.61. The molecule has 0 spiro atoms. The van der Waals surface area contributed by atoms with E-state index in [-0.39, 0.29) is 16.0 Å². The van der Waals surface area contributed by atoms with Gasteiger partial charge in [-0.15, -0.1) is 0 Å². The van der Waals surface area contributed by atoms with E-state index in [0.29, 0.717) is 34.7 Å². The number of aromatic amines is 1. The molecule has 0 fully saturated rings. The fraction of sp³-hybridized carbons (Fsp3) is 0.273. The molecule has 0 amide bonds. The quantitative estimate of drug-likeness (QED) is 0.562. The molecule has 0 saturated heterocycles. The number of rotatable bonds is 7. The van der Waals surface area contributed by atoms with Crippen molar-refractivity contribution in [1.29, 1.82) is 0 Å². The number of carbonyl (C=O) groups excluding carboxylic acids is 1. The van der Waals surface area contributed by atoms with Crippen LogP contribution in [-0.2, 0) is 16.4 Å². The van der Waals surface area contributed by atoms with Crippen molar-refractivity contribution in [3.05, 3.63) is 63.6 Å². The lowest BCUT2D eigenvalue weighted by Crippen LogP contribution is -2.21. The van der Waals surface area contributed by atoms with E-state index in [9.17, 15) is 18.0 Å². The second kappa shape index (κ2) is 8.43. The Morgan fingerprint density at radius 2 is 1.74 bits per heavy atom. The molecule has 0 aliphatic carbocycles. The zero-order chi connectivity index (χ0) is 22.9. The summed E-state index contributed by atoms with van der Waals surface area (Å²) in [7, 11) is -0.623. The van der Waals surface area contributed by atoms with E-state index in [4.69, 9.17) is 9.47 Å². The predicted octanol–water partition coefficient (Wildman–Crippen LogP) is 2.82. The number of hydrogen-bond acceptors (Lipinski definition) is 6. The number of H-pyrrole nitrogens is 1. The Labute approximate surface area is 180 Å². The highest BCUT2D eigenvalue weighted by Gasteiger charge is 2.24. The molecule has 1 aromatic heterocycles. The molecule has 0 radical (unpaired) electrons. The van der Waals surface area contributed by atoms with Crippen molar-refractivity contribution in [2.24, 2.45) is 0 Å². The van der Waals surface area contributed by atoms with Gasteiger partial charge in [0.1, 0.15) is 5.56 Å². The molecule has 0 atom stereocenters. The number of aromatic nitrogens is 2. The van der Waals surface area contributed by atoms with Crippen LogP contribution in [0.15, 0.2) is 46.2 Å². The summed E-state index contributed by atoms with van der Waals surface area (Å²) in [6.07, 6.45) is 2.48. The zero-order valence-electron chi connectivity index (χ0n) is 18.0. The first-order chi connectivity index (χ1) is 14.6. The summed E-state index contributed by atoms with van der Waals surface area (Å²) in [4.78, 5) is 25.7. The molecule has 9 heteroatoms. The lowest BCUT2D eigenvalue weighted by molar-refractivity contribution is 0.103. The van der Waals surface area contributed by atoms with Crippen molar-refractivity contribution in [2.75, 3.05) is 20.5 Å². The number of carbonyl (C=O) groups is 1. The molecule has 0 saturated carbocycles. The van der Waals surface area contributed by atoms with Gasteiger partial charge in [0.2, 0.25) is 0 Å². The number of nitrogens with zero attached hydrogens (tertiary/aromatic N) is 1. The van der Waals surface area contributed by atoms with Gasteiger partial charge in [-0.2, -0.15) is 0 Å². The summed E-state index contributed by atoms with van der Waals surface area (Å²) in [6, 6.07) is 7.87. The molecule has 1 heterocycles. The molecular weight excluding hydrogens is 420 g/mol. The second-order valence-electron chi connectivity index (χ2n) is 7.02. The number of nitrogens with one attached hydrogen (secondary N) is 1. The molecule has 164 valence electrons. The summed E-state index contributed by atoms with van der Waals surface area (Å²) in [6.45, 7) is 3.85. The molecule has 31 heavy (non-hydrogen) atoms. The van der Waals surface area contributed by atoms with Crippen molar-refractivity contribution < 1.29 is 22.7 Å². The van der Waals surface area contributed by atoms with Crippen LogP contribution in [0.2, 0.25) is 0 Å². The number of benzene rings is 2. The van der Waals surface area contributed by atoms with Gasteiger partial charge in [-0.05, 0) is 49.2 Å². The van der Waals surface area contributed by atoms with E-state index in [1.807, 2.05) is 0 Å². The van der Waals surface area contributed by atoms with Gasteiger partial charge in [-0.25, -0.2) is 8.42 Å². The fourth-order valence-corrected chi connectivity index (χ4v) is 4.50. The van der Waals surface area contributed by atoms with Crippen LogP contribution in [0, 0.1) is 6.92 Å². The maximum atomic E-state index is 13.2. The average Bonchev–Trinajstić information content (AvgIpc) is 3.12. The third-order valence-electron chi connectivity index (χ3n) is 5.14. The van der Waals surface area contributed by atoms with Gasteiger partial charge in [0.05, 0.1) is 19.1 Å². The lowest BCUT2D eigenvalue weighted by Gasteiger charge is -2.16. The molecule has 3 aromatic rings. The summed E-state index contributed by atoms with van der Waals surface area (Å²) in [5.41, 5.74) is 1.19. The zero-order valence-corrected chi connectivity index (χ0v) is 18.8. The monoisotopic (exact) mass is 444 g/mol. The SMILES string of the molecule is CCn1[nH]cc(C(=O)c2ccc(S(C)(=O)=O)c(-c3ccc(OC)c(OC)c3)c2C)c1=O. The highest BCUT2D eigenvalue weighted by atomic mass is 32.2. The normalized spacial score (nSPS) is 11.4. The van der Waals surface area contributed by atoms with E-state index < -0.39 is 21.2 Å². The minimum absolute atomic E-state index is 0.00434. The third-order valence-corrected chi connectivity index (χ3v) is 6.28. The number of methoxy groups -OCH3 is 2. The molecule has 0 bridgehead atoms. The first-order valence-electron chi connectivity index (χ1n) is 9.53. The Hall–Kier alpha value is -3.33. The van der Waals surface area contributed by atoms with Gasteiger partial charge in [0.15, 0.2) is 27.1 Å². The van der Waals surface area contributed by atoms with E-state index in [2.05, 4.69) is 5.10 Å². The van der Waals surface area contributed by atoms with Crippen LogP contribution in [-0.4, -0.2) is 44.5 Å². The average molecular weight is 445 g/mol. The molecule has 0 aliphatic heterocycles. The highest BCUT2D eigenvalue weighted by molar-refractivity contribution is 7.90. The Kier molecular flexibility index (Phi) is 6.08. The van der Waals surface area contributed by atoms with Gasteiger partial charge in [-0.1, -0.05) is 6.07 Å². The number of aryl methyl sites for hydroxylation is 1. The Morgan fingerprint density at radius 3 is 2.29 bits per heavy atom. The van der Waals surface area contributed by atoms with Gasteiger partial charge in [-0.3, -0.25) is 14.3 Å². The van der Waals surface area contributed by atoms with Crippen LogP contribution < -0.4 is 15.0 Å². The highest BCUT2D eigenvalue weighted by Crippen LogP contribution is 2.38. The maximum absolute atomic E-state index is 13.2. The first-order valence-corrected chi connectivity index (χ1v) is 11.4. The Morgan fingerprint density at radius 1 is 1.06 bits per heavy atom. The fourth-order valence-electron chi connectivity index (χ4n) is 3.54. The largest absolute Gasteiger partial charge is 0.493 e. The molecule has 8 nitrogen and oxygen atoms in total. The van der Waals surface area contributed by atoms with Gasteiger partial charge < -0.3 is 14.6 Å². The van der Waals surface area contributed by atoms with Crippen LogP contribution in [0.1, 0.15) is 28.4 Å². The van der Waals surface area contributed by atoms with Crippen LogP contribution in [0.25, 0.3) is 11.1 Å². The van der Waals surface area contributed by atoms with E-state index >= 15 is 0 Å². The Balaban J connectivity index is 2.28. The summed E-state index contributed by atoms with van der Waals surface area (Å²) < 4.78 is 36.9. The van der Waals surface area contributed by atoms with Crippen LogP contribution in [0.4, 0.5) is 0 Å². The summed E-state index contributed by atoms with van der Waals surface area (Å²) in [5.74, 6) is 0.434. The van der Waals surface area contributed by atoms with Gasteiger partial charge >= 0.3 is 0 Å². The van der Waals surface area contributed by atoms with Crippen LogP contribution in [0.5, 0.6) is 11.5 Å². The molecule has 2 aromatic carbocycles. The standard InChI is InChI=1S/C22H24N2O6S/c1-6-24-22(26)16(12-23-24)21(25)15-8-10-19(31(5,27)28)20(13(15)2)14-7-9-17(29-3)18(11-14)30-4/h7-12,23H,6H2,1-5H3. The number of sulfone groups is 1. The van der Waals surface area contributed by atoms with Crippen molar-refractivity contribution >= 4 is 15.6 Å². The Bertz CT molecular complexity index is 1320. The summed E-state index contributed by atoms with van der Waals surface area (Å²) >= 11 is 0. The number of hydrogen-bond donors (Lipinski definition) is 1. The topological polar surface area (TPSA) is 107 Å². The lowest BCUT2D eigenvalue weighted by atomic mass is 9.92. The van der Waals surface area contributed by atoms with Gasteiger partial charge in [0, 0.05) is 30.1 Å². The first kappa shape index (κ1) is 22.4. The second-order valence-corrected chi connectivity index (χ2v) is 9.00. The number of ketones is 1. The predicted molar refractivity (Wildman–Crippen MR) is 117 cm³/mol. The molecule has 0 unspecified atom stereocenters. The van der Waals surface area contributed by atoms with Crippen LogP contribution in [0.3, 0.4) is 0 Å². The van der Waals surface area contributed by atoms with Crippen molar-refractivity contribution in [1.82, 2.24) is 9.78 Å². The maximum Gasteiger partial charge on any atom is 0.277 e. The molecule has 0 aliphatic rings. The smallest absolute Gasteiger partial charge is 0.277 e. The van der Waals surface area contributed by atoms with E-state index in [1.54, 1.807) is 32.0 Å². The molecule has 1 N–H and O–H groups in total. The van der Waals surface area contributed by atoms with Gasteiger partial charge in [0.25, 0.3) is 5.56 Å². The van der Waals surface area contributed by atoms with Crippen molar-refractivity contribution in [2.45, 2.75) is 25.3 Å². The molecule has 3 rings (SSSR count). The van der Waals surface area contributed by atoms with E-state index in [1.165, 1.54) is 37.2 Å². The molecular formula is C22H24N2O6S.